The molecule has 36 heavy (non-hydrogen) atoms. The molecule has 0 unspecified atom stereocenters. The van der Waals surface area contributed by atoms with Crippen LogP contribution in [-0.2, 0) is 25.7 Å². The third kappa shape index (κ3) is 8.98. The number of aromatic hydroxyl groups is 2. The van der Waals surface area contributed by atoms with Crippen LogP contribution in [0.4, 0.5) is 0 Å². The van der Waals surface area contributed by atoms with Crippen molar-refractivity contribution in [2.75, 3.05) is 0 Å². The molecule has 2 aromatic carbocycles. The van der Waals surface area contributed by atoms with Gasteiger partial charge in [-0.3, -0.25) is 4.79 Å². The van der Waals surface area contributed by atoms with Gasteiger partial charge in [0.1, 0.15) is 11.5 Å². The van der Waals surface area contributed by atoms with E-state index in [2.05, 4.69) is 27.7 Å². The van der Waals surface area contributed by atoms with Crippen LogP contribution in [0.15, 0.2) is 24.3 Å². The minimum Gasteiger partial charge on any atom is -0.508 e. The summed E-state index contributed by atoms with van der Waals surface area (Å²) in [5, 5.41) is 21.6. The van der Waals surface area contributed by atoms with Gasteiger partial charge in [-0.2, -0.15) is 0 Å². The van der Waals surface area contributed by atoms with Crippen LogP contribution in [0.25, 0.3) is 0 Å². The Morgan fingerprint density at radius 3 is 1.11 bits per heavy atom. The summed E-state index contributed by atoms with van der Waals surface area (Å²) in [5.41, 5.74) is 5.12. The molecule has 3 nitrogen and oxygen atoms in total. The van der Waals surface area contributed by atoms with Crippen LogP contribution in [0.5, 0.6) is 11.5 Å². The van der Waals surface area contributed by atoms with Gasteiger partial charge in [0.15, 0.2) is 5.78 Å². The van der Waals surface area contributed by atoms with Crippen LogP contribution in [0.3, 0.4) is 0 Å². The Morgan fingerprint density at radius 2 is 0.806 bits per heavy atom. The van der Waals surface area contributed by atoms with Gasteiger partial charge in [-0.25, -0.2) is 0 Å². The number of carbonyl (C=O) groups is 1. The summed E-state index contributed by atoms with van der Waals surface area (Å²) < 4.78 is 0. The lowest BCUT2D eigenvalue weighted by molar-refractivity contribution is 0.103. The number of ketones is 1. The summed E-state index contributed by atoms with van der Waals surface area (Å²) in [4.78, 5) is 14.2. The van der Waals surface area contributed by atoms with Crippen LogP contribution >= 0.6 is 0 Å². The smallest absolute Gasteiger partial charge is 0.193 e. The van der Waals surface area contributed by atoms with E-state index in [0.29, 0.717) is 11.5 Å². The van der Waals surface area contributed by atoms with Gasteiger partial charge >= 0.3 is 0 Å². The molecule has 0 aromatic heterocycles. The SMILES string of the molecule is CCCCCc1cc(C(=O)c2cc(CCCCC)c(O)cc2CCCCC)c(CCCCC)cc1O. The third-order valence-electron chi connectivity index (χ3n) is 7.30. The normalized spacial score (nSPS) is 11.2. The molecule has 3 heteroatoms. The van der Waals surface area contributed by atoms with E-state index in [1.165, 1.54) is 0 Å². The zero-order chi connectivity index (χ0) is 26.3. The maximum Gasteiger partial charge on any atom is 0.193 e. The highest BCUT2D eigenvalue weighted by Gasteiger charge is 2.21. The standard InChI is InChI=1S/C33H50O3/c1-5-9-13-17-25-23-31(34)27(19-15-11-7-3)21-29(25)33(36)30-22-28(20-16-12-8-4)32(35)24-26(30)18-14-10-6-2/h21-24,34-35H,5-20H2,1-4H3. The summed E-state index contributed by atoms with van der Waals surface area (Å²) in [5.74, 6) is 0.688. The number of carbonyl (C=O) groups excluding carboxylic acids is 1. The fraction of sp³-hybridized carbons (Fsp3) is 0.606. The molecule has 2 rings (SSSR count). The Balaban J connectivity index is 2.53. The van der Waals surface area contributed by atoms with Crippen molar-refractivity contribution in [3.05, 3.63) is 57.6 Å². The molecule has 0 aliphatic rings. The Morgan fingerprint density at radius 1 is 0.500 bits per heavy atom. The zero-order valence-corrected chi connectivity index (χ0v) is 23.4. The summed E-state index contributed by atoms with van der Waals surface area (Å²) in [7, 11) is 0. The van der Waals surface area contributed by atoms with Gasteiger partial charge in [-0.1, -0.05) is 79.1 Å². The van der Waals surface area contributed by atoms with Crippen LogP contribution in [0.2, 0.25) is 0 Å². The number of phenols is 2. The minimum atomic E-state index is 0.0430. The lowest BCUT2D eigenvalue weighted by atomic mass is 9.87. The fourth-order valence-electron chi connectivity index (χ4n) is 5.00. The van der Waals surface area contributed by atoms with E-state index in [1.54, 1.807) is 0 Å². The number of benzene rings is 2. The highest BCUT2D eigenvalue weighted by Crippen LogP contribution is 2.32. The molecule has 0 amide bonds. The molecule has 2 N–H and O–H groups in total. The Labute approximate surface area is 220 Å². The molecule has 2 aromatic rings. The number of rotatable bonds is 18. The third-order valence-corrected chi connectivity index (χ3v) is 7.30. The predicted molar refractivity (Wildman–Crippen MR) is 153 cm³/mol. The van der Waals surface area contributed by atoms with Gasteiger partial charge in [0.25, 0.3) is 0 Å². The molecule has 0 aliphatic carbocycles. The Hall–Kier alpha value is -2.29. The van der Waals surface area contributed by atoms with Crippen LogP contribution in [0, 0.1) is 0 Å². The summed E-state index contributed by atoms with van der Waals surface area (Å²) in [6, 6.07) is 7.63. The van der Waals surface area contributed by atoms with Crippen molar-refractivity contribution in [3.63, 3.8) is 0 Å². The molecular weight excluding hydrogens is 444 g/mol. The number of phenolic OH excluding ortho intramolecular Hbond substituents is 2. The molecule has 0 bridgehead atoms. The van der Waals surface area contributed by atoms with E-state index in [1.807, 2.05) is 24.3 Å². The van der Waals surface area contributed by atoms with E-state index in [4.69, 9.17) is 0 Å². The monoisotopic (exact) mass is 494 g/mol. The summed E-state index contributed by atoms with van der Waals surface area (Å²) >= 11 is 0. The van der Waals surface area contributed by atoms with Gasteiger partial charge in [-0.05, 0) is 97.9 Å². The first-order valence-electron chi connectivity index (χ1n) is 14.7. The van der Waals surface area contributed by atoms with Crippen LogP contribution < -0.4 is 0 Å². The van der Waals surface area contributed by atoms with E-state index in [9.17, 15) is 15.0 Å². The molecule has 0 radical (unpaired) electrons. The van der Waals surface area contributed by atoms with Crippen molar-refractivity contribution in [3.8, 4) is 11.5 Å². The topological polar surface area (TPSA) is 57.5 Å². The number of hydrogen-bond acceptors (Lipinski definition) is 3. The molecule has 0 saturated carbocycles. The zero-order valence-electron chi connectivity index (χ0n) is 23.4. The molecule has 0 saturated heterocycles. The lowest BCUT2D eigenvalue weighted by Gasteiger charge is -2.17. The molecule has 0 aliphatic heterocycles. The van der Waals surface area contributed by atoms with Crippen molar-refractivity contribution in [1.82, 2.24) is 0 Å². The second-order valence-corrected chi connectivity index (χ2v) is 10.4. The first kappa shape index (κ1) is 29.9. The average Bonchev–Trinajstić information content (AvgIpc) is 2.86. The van der Waals surface area contributed by atoms with Gasteiger partial charge in [0.05, 0.1) is 0 Å². The quantitative estimate of drug-likeness (QED) is 0.160. The molecule has 0 atom stereocenters. The average molecular weight is 495 g/mol. The van der Waals surface area contributed by atoms with E-state index < -0.39 is 0 Å². The first-order chi connectivity index (χ1) is 17.5. The summed E-state index contributed by atoms with van der Waals surface area (Å²) in [6.45, 7) is 8.71. The second-order valence-electron chi connectivity index (χ2n) is 10.4. The maximum atomic E-state index is 14.2. The summed E-state index contributed by atoms with van der Waals surface area (Å²) in [6.07, 6.45) is 16.1. The number of aryl methyl sites for hydroxylation is 4. The van der Waals surface area contributed by atoms with Crippen molar-refractivity contribution >= 4 is 5.78 Å². The first-order valence-corrected chi connectivity index (χ1v) is 14.7. The molecule has 200 valence electrons. The Bertz CT molecular complexity index is 869. The minimum absolute atomic E-state index is 0.0430. The second kappa shape index (κ2) is 16.5. The van der Waals surface area contributed by atoms with Crippen molar-refractivity contribution < 1.29 is 15.0 Å². The van der Waals surface area contributed by atoms with Gasteiger partial charge in [0.2, 0.25) is 0 Å². The van der Waals surface area contributed by atoms with E-state index in [-0.39, 0.29) is 5.78 Å². The van der Waals surface area contributed by atoms with Crippen molar-refractivity contribution in [2.24, 2.45) is 0 Å². The van der Waals surface area contributed by atoms with Crippen LogP contribution in [0.1, 0.15) is 143 Å². The van der Waals surface area contributed by atoms with Crippen molar-refractivity contribution in [1.29, 1.82) is 0 Å². The number of hydrogen-bond donors (Lipinski definition) is 2. The van der Waals surface area contributed by atoms with E-state index >= 15 is 0 Å². The van der Waals surface area contributed by atoms with Gasteiger partial charge in [0, 0.05) is 11.1 Å². The predicted octanol–water partition coefficient (Wildman–Crippen LogP) is 9.26. The highest BCUT2D eigenvalue weighted by atomic mass is 16.3. The lowest BCUT2D eigenvalue weighted by Crippen LogP contribution is -2.11. The fourth-order valence-corrected chi connectivity index (χ4v) is 5.00. The largest absolute Gasteiger partial charge is 0.508 e. The van der Waals surface area contributed by atoms with Crippen LogP contribution in [-0.4, -0.2) is 16.0 Å². The molecule has 0 spiro atoms. The molecular formula is C33H50O3. The maximum absolute atomic E-state index is 14.2. The van der Waals surface area contributed by atoms with Crippen molar-refractivity contribution in [2.45, 2.75) is 130 Å². The highest BCUT2D eigenvalue weighted by molar-refractivity contribution is 6.11. The van der Waals surface area contributed by atoms with Gasteiger partial charge < -0.3 is 10.2 Å². The number of unbranched alkanes of at least 4 members (excludes halogenated alkanes) is 8. The molecule has 0 heterocycles. The Kier molecular flexibility index (Phi) is 13.7. The van der Waals surface area contributed by atoms with E-state index in [0.717, 1.165) is 136 Å². The molecule has 0 fully saturated rings. The van der Waals surface area contributed by atoms with Gasteiger partial charge in [-0.15, -0.1) is 0 Å².